The van der Waals surface area contributed by atoms with E-state index in [1.54, 1.807) is 79.9 Å². The SMILES string of the molecule is Nc1c(Br)c(N2CCS(=O)(=O)CC2)nc2c(-c3ccc4c(c3)CN=C4Br)cnn12.Nc1c(Br)c(N2CCS(=O)(=O)CC2)nc2c(-c3ccc4ncccc4c3)cnn12.Nc1c(Br)c(N2CCS(=O)(=O)CC2)nc2c(-c3cnc4[nH]cc(Br)c4c3)cnn12.Nc1c(Br)c(N2CCS(=O)(=O)CC2)nc2c(-c3cnc4[nH]ccc4c3)cnn12.Nc1c(Br)c(N2CCS(=O)(=O)CC2)nc2c(-c3cnc4cc(F)ccc4c3)cnn12. The van der Waals surface area contributed by atoms with Crippen molar-refractivity contribution in [2.24, 2.45) is 4.99 Å². The van der Waals surface area contributed by atoms with E-state index in [0.717, 1.165) is 114 Å². The molecule has 12 N–H and O–H groups in total. The van der Waals surface area contributed by atoms with E-state index in [0.29, 0.717) is 186 Å². The van der Waals surface area contributed by atoms with Gasteiger partial charge in [0.05, 0.1) is 106 Å². The molecule has 0 amide bonds. The second-order valence-corrected chi connectivity index (χ2v) is 51.8. The molecule has 746 valence electrons. The van der Waals surface area contributed by atoms with Crippen LogP contribution in [0.2, 0.25) is 0 Å². The van der Waals surface area contributed by atoms with Crippen LogP contribution in [-0.2, 0) is 55.7 Å². The second kappa shape index (κ2) is 38.8. The first kappa shape index (κ1) is 98.7. The predicted molar refractivity (Wildman–Crippen MR) is 584 cm³/mol. The maximum atomic E-state index is 13.4. The molecule has 5 saturated heterocycles. The van der Waals surface area contributed by atoms with Crippen LogP contribution in [0, 0.1) is 5.82 Å². The Hall–Kier alpha value is -12.3. The number of rotatable bonds is 10. The summed E-state index contributed by atoms with van der Waals surface area (Å²) in [7, 11) is -15.0. The van der Waals surface area contributed by atoms with Gasteiger partial charge in [0.15, 0.2) is 77.4 Å². The number of nitrogens with one attached hydrogen (secondary N) is 2. The number of nitrogen functional groups attached to an aromatic ring is 5. The number of fused-ring (bicyclic) bond motifs is 10. The normalized spacial score (nSPS) is 16.9. The number of benzene rings is 3. The van der Waals surface area contributed by atoms with Crippen molar-refractivity contribution in [1.82, 2.24) is 103 Å². The van der Waals surface area contributed by atoms with Crippen molar-refractivity contribution in [3.8, 4) is 55.6 Å². The molecule has 6 aliphatic heterocycles. The lowest BCUT2D eigenvalue weighted by Gasteiger charge is -2.28. The van der Waals surface area contributed by atoms with Gasteiger partial charge in [-0.1, -0.05) is 24.3 Å². The van der Waals surface area contributed by atoms with Gasteiger partial charge in [-0.3, -0.25) is 15.0 Å². The molecule has 22 heterocycles. The molecule has 3 aromatic carbocycles. The summed E-state index contributed by atoms with van der Waals surface area (Å²) in [5.74, 6) is 5.76. The van der Waals surface area contributed by atoms with Crippen LogP contribution in [-0.4, -0.2) is 273 Å². The van der Waals surface area contributed by atoms with Crippen LogP contribution in [0.4, 0.5) is 62.6 Å². The topological polar surface area (TPSA) is 563 Å². The predicted octanol–water partition coefficient (Wildman–Crippen LogP) is 12.3. The molecule has 6 aliphatic rings. The molecule has 19 aromatic rings. The number of aromatic nitrogens is 21. The minimum Gasteiger partial charge on any atom is -0.383 e. The molecule has 0 spiro atoms. The molecule has 145 heavy (non-hydrogen) atoms. The molecule has 55 heteroatoms. The van der Waals surface area contributed by atoms with Crippen LogP contribution in [0.5, 0.6) is 0 Å². The standard InChI is InChI=1S/C19H16BrFN6O2S.C19H17BrN6O2S.C18H16Br2N6O2S.C17H15Br2N7O2S.C17H16BrN7O2S/c20-16-17(22)27-18(25-19(16)26-3-5-30(28,29)6-4-26)14(10-24-27)12-7-11-1-2-13(21)8-15(11)23-9-12;20-16-17(21)26-18(24-19(16)25-6-8-29(27,28)9-7-25)14(11-23-26)12-3-4-15-13(10-12)2-1-5-22-15;19-14-16(21)26-17(24-18(14)25-3-5-29(27,28)6-4-25)13(9-23-26)10-1-2-12-11(7-10)8-22-15(12)20;18-12-8-22-15-10(12)5-9(6-21-15)11-7-23-26-14(20)13(19)17(24-16(11)26)25-1-3-29(27,28)4-2-25;18-13-14(19)25-16(23-17(13)24-3-5-28(26,27)6-4-24)12(9-22-25)11-7-10-1-2-20-15(10)21-8-11/h1-2,7-10H,3-6,22H2;1-5,10-11H,6-9,21H2;1-2,7,9H,3-6,8,21H2;5-8H,1-4,20H2,(H,21,22);1-2,7-9H,3-6,19H2,(H,20,21). The fourth-order valence-corrected chi connectivity index (χ4v) is 27.1. The Morgan fingerprint density at radius 2 is 0.669 bits per heavy atom. The number of hydrogen-bond donors (Lipinski definition) is 7. The van der Waals surface area contributed by atoms with Crippen molar-refractivity contribution in [3.63, 3.8) is 0 Å². The summed E-state index contributed by atoms with van der Waals surface area (Å²) in [5.41, 5.74) is 48.3. The van der Waals surface area contributed by atoms with Gasteiger partial charge in [0.25, 0.3) is 0 Å². The maximum absolute atomic E-state index is 13.4. The highest BCUT2D eigenvalue weighted by atomic mass is 79.9. The third-order valence-electron chi connectivity index (χ3n) is 25.6. The number of nitrogens with zero attached hydrogens (tertiary/aromatic N) is 25. The monoisotopic (exact) mass is 2500 g/mol. The minimum atomic E-state index is -3.02. The molecule has 25 rings (SSSR count). The lowest BCUT2D eigenvalue weighted by molar-refractivity contribution is 0.584. The number of aliphatic imine (C=N–C) groups is 1. The van der Waals surface area contributed by atoms with E-state index < -0.39 is 49.2 Å². The smallest absolute Gasteiger partial charge is 0.167 e. The number of pyridine rings is 4. The summed E-state index contributed by atoms with van der Waals surface area (Å²) in [6.45, 7) is 4.36. The molecule has 0 saturated carbocycles. The highest BCUT2D eigenvalue weighted by molar-refractivity contribution is 9.18. The molecule has 0 atom stereocenters. The van der Waals surface area contributed by atoms with Crippen molar-refractivity contribution in [2.45, 2.75) is 6.54 Å². The van der Waals surface area contributed by atoms with Crippen molar-refractivity contribution in [3.05, 3.63) is 203 Å². The Morgan fingerprint density at radius 1 is 0.324 bits per heavy atom. The summed E-state index contributed by atoms with van der Waals surface area (Å²) in [6.07, 6.45) is 19.2. The average Bonchev–Trinajstić information content (AvgIpc) is 1.56. The highest BCUT2D eigenvalue weighted by Crippen LogP contribution is 2.44. The summed E-state index contributed by atoms with van der Waals surface area (Å²) < 4.78 is 144. The van der Waals surface area contributed by atoms with Gasteiger partial charge in [0, 0.05) is 185 Å². The quantitative estimate of drug-likeness (QED) is 0.0668. The lowest BCUT2D eigenvalue weighted by atomic mass is 10.0. The number of anilines is 10. The van der Waals surface area contributed by atoms with E-state index in [-0.39, 0.29) is 63.3 Å². The van der Waals surface area contributed by atoms with Crippen LogP contribution in [0.15, 0.2) is 191 Å². The molecule has 0 aliphatic carbocycles. The molecular weight excluding hydrogens is 2430 g/mol. The van der Waals surface area contributed by atoms with E-state index >= 15 is 0 Å². The van der Waals surface area contributed by atoms with Crippen LogP contribution in [0.25, 0.3) is 128 Å². The summed E-state index contributed by atoms with van der Waals surface area (Å²) in [4.78, 5) is 61.8. The van der Waals surface area contributed by atoms with Gasteiger partial charge in [-0.15, -0.1) is 0 Å². The first-order chi connectivity index (χ1) is 69.4. The first-order valence-electron chi connectivity index (χ1n) is 44.6. The van der Waals surface area contributed by atoms with Crippen LogP contribution >= 0.6 is 112 Å². The van der Waals surface area contributed by atoms with E-state index in [4.69, 9.17) is 53.6 Å². The zero-order valence-electron chi connectivity index (χ0n) is 75.6. The lowest BCUT2D eigenvalue weighted by Crippen LogP contribution is -2.41. The number of aromatic amines is 2. The molecule has 0 bridgehead atoms. The zero-order valence-corrected chi connectivity index (χ0v) is 90.8. The maximum Gasteiger partial charge on any atom is 0.167 e. The van der Waals surface area contributed by atoms with Crippen molar-refractivity contribution in [1.29, 1.82) is 0 Å². The van der Waals surface area contributed by atoms with Crippen molar-refractivity contribution >= 4 is 296 Å². The van der Waals surface area contributed by atoms with Gasteiger partial charge in [-0.2, -0.15) is 48.1 Å². The fraction of sp³-hybridized carbons (Fsp3) is 0.233. The Kier molecular flexibility index (Phi) is 26.4. The Morgan fingerprint density at radius 3 is 1.08 bits per heavy atom. The largest absolute Gasteiger partial charge is 0.383 e. The molecule has 42 nitrogen and oxygen atoms in total. The fourth-order valence-electron chi connectivity index (χ4n) is 17.6. The Labute approximate surface area is 882 Å². The van der Waals surface area contributed by atoms with E-state index in [2.05, 4.69) is 178 Å². The van der Waals surface area contributed by atoms with Crippen LogP contribution in [0.3, 0.4) is 0 Å². The first-order valence-corrected chi connectivity index (χ1v) is 59.2. The van der Waals surface area contributed by atoms with Crippen molar-refractivity contribution < 1.29 is 46.5 Å². The van der Waals surface area contributed by atoms with Crippen LogP contribution in [0.1, 0.15) is 11.1 Å². The molecule has 0 radical (unpaired) electrons. The molecule has 5 fully saturated rings. The third kappa shape index (κ3) is 19.4. The van der Waals surface area contributed by atoms with E-state index in [9.17, 15) is 46.5 Å². The number of nitrogens with two attached hydrogens (primary N) is 5. The summed E-state index contributed by atoms with van der Waals surface area (Å²) >= 11 is 24.5. The number of H-pyrrole nitrogens is 2. The van der Waals surface area contributed by atoms with Gasteiger partial charge in [0.1, 0.15) is 102 Å². The average molecular weight is 2510 g/mol. The van der Waals surface area contributed by atoms with Gasteiger partial charge >= 0.3 is 0 Å². The second-order valence-electron chi connectivity index (χ2n) is 34.7. The van der Waals surface area contributed by atoms with Gasteiger partial charge in [-0.25, -0.2) is 81.4 Å². The highest BCUT2D eigenvalue weighted by Gasteiger charge is 2.35. The number of hydrogen-bond acceptors (Lipinski definition) is 35. The van der Waals surface area contributed by atoms with Crippen LogP contribution < -0.4 is 53.2 Å². The van der Waals surface area contributed by atoms with Gasteiger partial charge < -0.3 is 63.1 Å². The number of halogens is 8. The molecule has 16 aromatic heterocycles. The Balaban J connectivity index is 0.000000107. The number of sulfone groups is 5. The summed E-state index contributed by atoms with van der Waals surface area (Å²) in [5, 5.41) is 25.7. The van der Waals surface area contributed by atoms with E-state index in [1.807, 2.05) is 104 Å². The summed E-state index contributed by atoms with van der Waals surface area (Å²) in [6, 6.07) is 28.4. The Bertz CT molecular complexity index is 9170. The van der Waals surface area contributed by atoms with Gasteiger partial charge in [-0.05, 0) is 189 Å². The molecular formula is C90H80Br7FN32O10S5. The third-order valence-corrected chi connectivity index (χ3v) is 38.8. The van der Waals surface area contributed by atoms with Gasteiger partial charge in [0.2, 0.25) is 0 Å². The zero-order chi connectivity index (χ0) is 101. The van der Waals surface area contributed by atoms with Crippen molar-refractivity contribution in [2.75, 3.05) is 176 Å². The van der Waals surface area contributed by atoms with E-state index in [1.165, 1.54) is 16.6 Å². The minimum absolute atomic E-state index is 0.0729. The molecule has 0 unspecified atom stereocenters.